The highest BCUT2D eigenvalue weighted by Gasteiger charge is 1.80. The molecule has 0 saturated carbocycles. The maximum absolute atomic E-state index is 9.15. The van der Waals surface area contributed by atoms with Crippen LogP contribution in [0.4, 0.5) is 4.79 Å². The van der Waals surface area contributed by atoms with Crippen LogP contribution in [0.2, 0.25) is 0 Å². The van der Waals surface area contributed by atoms with Crippen molar-refractivity contribution in [3.05, 3.63) is 12.7 Å². The van der Waals surface area contributed by atoms with E-state index in [0.29, 0.717) is 0 Å². The van der Waals surface area contributed by atoms with Crippen molar-refractivity contribution < 1.29 is 14.6 Å². The van der Waals surface area contributed by atoms with Crippen molar-refractivity contribution in [1.82, 2.24) is 0 Å². The maximum Gasteiger partial charge on any atom is 0.505 e. The van der Waals surface area contributed by atoms with Gasteiger partial charge < -0.3 is 9.84 Å². The molecule has 0 aromatic rings. The lowest BCUT2D eigenvalue weighted by Gasteiger charge is -1.79. The highest BCUT2D eigenvalue weighted by molar-refractivity contribution is 5.56. The normalized spacial score (nSPS) is 5.75. The fraction of sp³-hybridized carbons (Fsp3) is 0.400. The Bertz CT molecular complexity index is 68.1. The van der Waals surface area contributed by atoms with Crippen LogP contribution in [0.1, 0.15) is 6.92 Å². The number of carboxylic acid groups (broad SMARTS) is 1. The van der Waals surface area contributed by atoms with Crippen LogP contribution in [0.15, 0.2) is 12.7 Å². The van der Waals surface area contributed by atoms with E-state index >= 15 is 0 Å². The Labute approximate surface area is 48.6 Å². The molecule has 0 spiro atoms. The van der Waals surface area contributed by atoms with E-state index in [0.717, 1.165) is 7.11 Å². The zero-order valence-electron chi connectivity index (χ0n) is 5.05. The van der Waals surface area contributed by atoms with E-state index in [4.69, 9.17) is 9.90 Å². The fourth-order valence-electron chi connectivity index (χ4n) is 0. The molecule has 0 radical (unpaired) electrons. The van der Waals surface area contributed by atoms with E-state index in [2.05, 4.69) is 11.3 Å². The molecule has 3 heteroatoms. The van der Waals surface area contributed by atoms with Gasteiger partial charge in [0.25, 0.3) is 0 Å². The lowest BCUT2D eigenvalue weighted by atomic mass is 10.8. The van der Waals surface area contributed by atoms with Crippen LogP contribution in [-0.2, 0) is 4.74 Å². The molecule has 0 aliphatic heterocycles. The minimum Gasteiger partial charge on any atom is -0.450 e. The number of rotatable bonds is 0. The van der Waals surface area contributed by atoms with Crippen LogP contribution in [0, 0.1) is 0 Å². The Kier molecular flexibility index (Phi) is 11.8. The third-order valence-corrected chi connectivity index (χ3v) is 0.175. The summed E-state index contributed by atoms with van der Waals surface area (Å²) < 4.78 is 3.67. The second kappa shape index (κ2) is 9.38. The van der Waals surface area contributed by atoms with E-state index in [9.17, 15) is 0 Å². The minimum atomic E-state index is -1.25. The number of ether oxygens (including phenoxy) is 1. The lowest BCUT2D eigenvalue weighted by Crippen LogP contribution is -1.91. The predicted octanol–water partition coefficient (Wildman–Crippen LogP) is 1.50. The second-order valence-corrected chi connectivity index (χ2v) is 0.878. The summed E-state index contributed by atoms with van der Waals surface area (Å²) in [5.41, 5.74) is 0. The molecule has 3 nitrogen and oxygen atoms in total. The molecule has 0 aliphatic carbocycles. The van der Waals surface area contributed by atoms with Crippen molar-refractivity contribution in [1.29, 1.82) is 0 Å². The molecule has 0 heterocycles. The van der Waals surface area contributed by atoms with Crippen molar-refractivity contribution in [3.63, 3.8) is 0 Å². The van der Waals surface area contributed by atoms with Crippen LogP contribution >= 0.6 is 0 Å². The number of carbonyl (C=O) groups is 1. The predicted molar refractivity (Wildman–Crippen MR) is 30.9 cm³/mol. The Morgan fingerprint density at radius 2 is 2.00 bits per heavy atom. The van der Waals surface area contributed by atoms with Gasteiger partial charge in [0.15, 0.2) is 0 Å². The summed E-state index contributed by atoms with van der Waals surface area (Å²) in [5, 5.41) is 7.50. The van der Waals surface area contributed by atoms with E-state index in [1.165, 1.54) is 0 Å². The van der Waals surface area contributed by atoms with Gasteiger partial charge in [-0.25, -0.2) is 4.79 Å². The highest BCUT2D eigenvalue weighted by atomic mass is 16.6. The van der Waals surface area contributed by atoms with Gasteiger partial charge in [-0.3, -0.25) is 0 Å². The van der Waals surface area contributed by atoms with Gasteiger partial charge in [-0.15, -0.1) is 6.58 Å². The molecule has 8 heavy (non-hydrogen) atoms. The van der Waals surface area contributed by atoms with Gasteiger partial charge in [-0.1, -0.05) is 6.08 Å². The summed E-state index contributed by atoms with van der Waals surface area (Å²) >= 11 is 0. The van der Waals surface area contributed by atoms with E-state index in [-0.39, 0.29) is 0 Å². The van der Waals surface area contributed by atoms with Crippen LogP contribution in [0.25, 0.3) is 0 Å². The quantitative estimate of drug-likeness (QED) is 0.387. The van der Waals surface area contributed by atoms with Crippen LogP contribution in [0.3, 0.4) is 0 Å². The molecule has 0 fully saturated rings. The summed E-state index contributed by atoms with van der Waals surface area (Å²) in [4.78, 5) is 9.15. The minimum absolute atomic E-state index is 1.10. The smallest absolute Gasteiger partial charge is 0.450 e. The SMILES string of the molecule is C=CC.COC(=O)O. The molecule has 0 saturated heterocycles. The molecule has 0 aliphatic rings. The molecule has 0 atom stereocenters. The summed E-state index contributed by atoms with van der Waals surface area (Å²) in [5.74, 6) is 0. The monoisotopic (exact) mass is 118 g/mol. The van der Waals surface area contributed by atoms with Crippen molar-refractivity contribution in [2.75, 3.05) is 7.11 Å². The molecule has 0 bridgehead atoms. The molecule has 0 unspecified atom stereocenters. The number of methoxy groups -OCH3 is 1. The Morgan fingerprint density at radius 3 is 2.00 bits per heavy atom. The van der Waals surface area contributed by atoms with Gasteiger partial charge in [-0.2, -0.15) is 0 Å². The number of hydrogen-bond donors (Lipinski definition) is 1. The standard InChI is InChI=1S/C3H6.C2H4O3/c1-3-2;1-5-2(3)4/h3H,1H2,2H3;1H3,(H,3,4). The van der Waals surface area contributed by atoms with Gasteiger partial charge >= 0.3 is 6.16 Å². The number of hydrogen-bond acceptors (Lipinski definition) is 2. The zero-order chi connectivity index (χ0) is 6.99. The average Bonchev–Trinajstić information content (AvgIpc) is 1.69. The summed E-state index contributed by atoms with van der Waals surface area (Å²) in [7, 11) is 1.10. The highest BCUT2D eigenvalue weighted by Crippen LogP contribution is 1.60. The van der Waals surface area contributed by atoms with Crippen LogP contribution < -0.4 is 0 Å². The van der Waals surface area contributed by atoms with Crippen molar-refractivity contribution in [2.24, 2.45) is 0 Å². The van der Waals surface area contributed by atoms with E-state index < -0.39 is 6.16 Å². The van der Waals surface area contributed by atoms with Crippen LogP contribution in [-0.4, -0.2) is 18.4 Å². The number of allylic oxidation sites excluding steroid dienone is 1. The third-order valence-electron chi connectivity index (χ3n) is 0.175. The van der Waals surface area contributed by atoms with Crippen molar-refractivity contribution >= 4 is 6.16 Å². The van der Waals surface area contributed by atoms with Crippen molar-refractivity contribution in [3.8, 4) is 0 Å². The first kappa shape index (κ1) is 10.1. The van der Waals surface area contributed by atoms with Gasteiger partial charge in [0.1, 0.15) is 0 Å². The van der Waals surface area contributed by atoms with Crippen molar-refractivity contribution in [2.45, 2.75) is 6.92 Å². The fourth-order valence-corrected chi connectivity index (χ4v) is 0. The molecule has 0 amide bonds. The Balaban J connectivity index is 0. The van der Waals surface area contributed by atoms with E-state index in [1.54, 1.807) is 6.08 Å². The third kappa shape index (κ3) is 79.0. The molecule has 48 valence electrons. The largest absolute Gasteiger partial charge is 0.505 e. The van der Waals surface area contributed by atoms with E-state index in [1.807, 2.05) is 6.92 Å². The zero-order valence-corrected chi connectivity index (χ0v) is 5.05. The second-order valence-electron chi connectivity index (χ2n) is 0.878. The summed E-state index contributed by atoms with van der Waals surface area (Å²) in [6.45, 7) is 5.25. The summed E-state index contributed by atoms with van der Waals surface area (Å²) in [6, 6.07) is 0. The summed E-state index contributed by atoms with van der Waals surface area (Å²) in [6.07, 6.45) is 0.505. The molecule has 0 aromatic carbocycles. The first-order chi connectivity index (χ1) is 3.68. The first-order valence-corrected chi connectivity index (χ1v) is 2.03. The molecular weight excluding hydrogens is 108 g/mol. The average molecular weight is 118 g/mol. The molecular formula is C5H10O3. The van der Waals surface area contributed by atoms with Gasteiger partial charge in [-0.05, 0) is 6.92 Å². The Morgan fingerprint density at radius 1 is 1.88 bits per heavy atom. The molecule has 0 aromatic heterocycles. The molecule has 1 N–H and O–H groups in total. The lowest BCUT2D eigenvalue weighted by molar-refractivity contribution is 0.114. The van der Waals surface area contributed by atoms with Gasteiger partial charge in [0.05, 0.1) is 7.11 Å². The Hall–Kier alpha value is -0.990. The van der Waals surface area contributed by atoms with Gasteiger partial charge in [0, 0.05) is 0 Å². The topological polar surface area (TPSA) is 46.5 Å². The first-order valence-electron chi connectivity index (χ1n) is 2.03. The maximum atomic E-state index is 9.15. The molecule has 0 rings (SSSR count). The van der Waals surface area contributed by atoms with Crippen LogP contribution in [0.5, 0.6) is 0 Å². The van der Waals surface area contributed by atoms with Gasteiger partial charge in [0.2, 0.25) is 0 Å².